The van der Waals surface area contributed by atoms with Gasteiger partial charge in [0.2, 0.25) is 0 Å². The first-order chi connectivity index (χ1) is 8.65. The van der Waals surface area contributed by atoms with Crippen LogP contribution in [0.25, 0.3) is 0 Å². The highest BCUT2D eigenvalue weighted by atomic mass is 16.5. The summed E-state index contributed by atoms with van der Waals surface area (Å²) in [6, 6.07) is 0.242. The van der Waals surface area contributed by atoms with Gasteiger partial charge in [-0.05, 0) is 13.3 Å². The minimum absolute atomic E-state index is 0.242. The van der Waals surface area contributed by atoms with Crippen LogP contribution in [0.3, 0.4) is 0 Å². The number of nitrogens with zero attached hydrogens (tertiary/aromatic N) is 3. The van der Waals surface area contributed by atoms with Crippen molar-refractivity contribution in [2.24, 2.45) is 5.84 Å². The van der Waals surface area contributed by atoms with Gasteiger partial charge in [-0.3, -0.25) is 0 Å². The third kappa shape index (κ3) is 3.30. The maximum absolute atomic E-state index is 5.50. The van der Waals surface area contributed by atoms with Crippen LogP contribution in [0.1, 0.15) is 25.8 Å². The van der Waals surface area contributed by atoms with Crippen LogP contribution in [-0.2, 0) is 11.2 Å². The summed E-state index contributed by atoms with van der Waals surface area (Å²) >= 11 is 0. The van der Waals surface area contributed by atoms with Gasteiger partial charge in [0, 0.05) is 19.7 Å². The van der Waals surface area contributed by atoms with Crippen molar-refractivity contribution in [1.82, 2.24) is 9.97 Å². The van der Waals surface area contributed by atoms with Crippen molar-refractivity contribution in [3.63, 3.8) is 0 Å². The molecule has 3 N–H and O–H groups in total. The molecule has 0 radical (unpaired) electrons. The van der Waals surface area contributed by atoms with E-state index in [0.717, 1.165) is 24.2 Å². The van der Waals surface area contributed by atoms with Crippen molar-refractivity contribution in [3.8, 4) is 0 Å². The van der Waals surface area contributed by atoms with Gasteiger partial charge >= 0.3 is 0 Å². The zero-order valence-corrected chi connectivity index (χ0v) is 11.6. The number of nitrogens with two attached hydrogens (primary N) is 1. The summed E-state index contributed by atoms with van der Waals surface area (Å²) < 4.78 is 5.18. The lowest BCUT2D eigenvalue weighted by Gasteiger charge is -2.27. The van der Waals surface area contributed by atoms with Gasteiger partial charge in [0.05, 0.1) is 12.6 Å². The van der Waals surface area contributed by atoms with Crippen LogP contribution in [-0.4, -0.2) is 36.8 Å². The molecule has 0 fully saturated rings. The molecule has 6 nitrogen and oxygen atoms in total. The molecular formula is C12H23N5O. The first kappa shape index (κ1) is 14.7. The Bertz CT molecular complexity index is 371. The molecule has 1 aromatic heterocycles. The van der Waals surface area contributed by atoms with Crippen molar-refractivity contribution < 1.29 is 4.74 Å². The summed E-state index contributed by atoms with van der Waals surface area (Å²) in [7, 11) is 3.70. The molecule has 18 heavy (non-hydrogen) atoms. The van der Waals surface area contributed by atoms with Crippen molar-refractivity contribution in [3.05, 3.63) is 11.9 Å². The van der Waals surface area contributed by atoms with E-state index < -0.39 is 0 Å². The minimum Gasteiger partial charge on any atom is -0.383 e. The Morgan fingerprint density at radius 2 is 2.22 bits per heavy atom. The van der Waals surface area contributed by atoms with Crippen molar-refractivity contribution in [1.29, 1.82) is 0 Å². The molecule has 6 heteroatoms. The maximum Gasteiger partial charge on any atom is 0.148 e. The number of nitrogen functional groups attached to an aromatic ring is 1. The fraction of sp³-hybridized carbons (Fsp3) is 0.667. The Balaban J connectivity index is 3.06. The van der Waals surface area contributed by atoms with Gasteiger partial charge in [-0.2, -0.15) is 0 Å². The molecule has 0 saturated heterocycles. The predicted octanol–water partition coefficient (Wildman–Crippen LogP) is 1.19. The van der Waals surface area contributed by atoms with Crippen LogP contribution in [0.5, 0.6) is 0 Å². The minimum atomic E-state index is 0.242. The largest absolute Gasteiger partial charge is 0.383 e. The molecule has 0 aliphatic carbocycles. The third-order valence-corrected chi connectivity index (χ3v) is 2.96. The molecule has 1 rings (SSSR count). The smallest absolute Gasteiger partial charge is 0.148 e. The monoisotopic (exact) mass is 253 g/mol. The lowest BCUT2D eigenvalue weighted by molar-refractivity contribution is 0.183. The fourth-order valence-electron chi connectivity index (χ4n) is 1.87. The molecule has 102 valence electrons. The lowest BCUT2D eigenvalue weighted by Crippen LogP contribution is -2.34. The van der Waals surface area contributed by atoms with Crippen LogP contribution in [0, 0.1) is 0 Å². The highest BCUT2D eigenvalue weighted by Crippen LogP contribution is 2.24. The Labute approximate surface area is 109 Å². The average Bonchev–Trinajstić information content (AvgIpc) is 2.38. The summed E-state index contributed by atoms with van der Waals surface area (Å²) in [5.74, 6) is 7.10. The molecule has 1 unspecified atom stereocenters. The van der Waals surface area contributed by atoms with Crippen LogP contribution in [0.4, 0.5) is 11.6 Å². The predicted molar refractivity (Wildman–Crippen MR) is 73.6 cm³/mol. The second kappa shape index (κ2) is 7.13. The van der Waals surface area contributed by atoms with Crippen LogP contribution >= 0.6 is 0 Å². The van der Waals surface area contributed by atoms with E-state index >= 15 is 0 Å². The van der Waals surface area contributed by atoms with Gasteiger partial charge in [-0.25, -0.2) is 15.8 Å². The number of anilines is 2. The van der Waals surface area contributed by atoms with Crippen molar-refractivity contribution >= 4 is 11.6 Å². The molecule has 0 bridgehead atoms. The molecular weight excluding hydrogens is 230 g/mol. The molecule has 0 aromatic carbocycles. The van der Waals surface area contributed by atoms with Crippen molar-refractivity contribution in [2.75, 3.05) is 31.1 Å². The quantitative estimate of drug-likeness (QED) is 0.561. The average molecular weight is 253 g/mol. The number of likely N-dealkylation sites (N-methyl/N-ethyl adjacent to an activating group) is 1. The molecule has 1 aromatic rings. The zero-order valence-electron chi connectivity index (χ0n) is 11.6. The number of aromatic nitrogens is 2. The number of hydrogen-bond donors (Lipinski definition) is 2. The summed E-state index contributed by atoms with van der Waals surface area (Å²) in [5, 5.41) is 0. The van der Waals surface area contributed by atoms with Crippen molar-refractivity contribution in [2.45, 2.75) is 32.7 Å². The Morgan fingerprint density at radius 3 is 2.78 bits per heavy atom. The zero-order chi connectivity index (χ0) is 13.5. The van der Waals surface area contributed by atoms with Gasteiger partial charge in [-0.1, -0.05) is 13.3 Å². The molecule has 0 saturated carbocycles. The van der Waals surface area contributed by atoms with Gasteiger partial charge in [0.25, 0.3) is 0 Å². The van der Waals surface area contributed by atoms with Gasteiger partial charge in [-0.15, -0.1) is 0 Å². The molecule has 1 atom stereocenters. The third-order valence-electron chi connectivity index (χ3n) is 2.96. The van der Waals surface area contributed by atoms with E-state index in [1.807, 2.05) is 7.05 Å². The number of nitrogens with one attached hydrogen (secondary N) is 1. The lowest BCUT2D eigenvalue weighted by atomic mass is 10.1. The van der Waals surface area contributed by atoms with Gasteiger partial charge in [0.15, 0.2) is 0 Å². The topological polar surface area (TPSA) is 76.3 Å². The summed E-state index contributed by atoms with van der Waals surface area (Å²) in [5.41, 5.74) is 3.69. The van der Waals surface area contributed by atoms with Gasteiger partial charge < -0.3 is 15.1 Å². The van der Waals surface area contributed by atoms with E-state index in [0.29, 0.717) is 12.4 Å². The second-order valence-electron chi connectivity index (χ2n) is 4.33. The summed E-state index contributed by atoms with van der Waals surface area (Å²) in [6.45, 7) is 4.87. The Hall–Kier alpha value is -1.40. The molecule has 0 aliphatic rings. The molecule has 0 spiro atoms. The van der Waals surface area contributed by atoms with E-state index in [2.05, 4.69) is 34.1 Å². The van der Waals surface area contributed by atoms with Crippen LogP contribution in [0.15, 0.2) is 6.33 Å². The van der Waals surface area contributed by atoms with Gasteiger partial charge in [0.1, 0.15) is 18.0 Å². The van der Waals surface area contributed by atoms with E-state index in [-0.39, 0.29) is 6.04 Å². The number of ether oxygens (including phenoxy) is 1. The first-order valence-electron chi connectivity index (χ1n) is 6.17. The number of hydrazine groups is 1. The molecule has 0 amide bonds. The molecule has 0 aliphatic heterocycles. The highest BCUT2D eigenvalue weighted by Gasteiger charge is 2.17. The van der Waals surface area contributed by atoms with Crippen LogP contribution < -0.4 is 16.2 Å². The highest BCUT2D eigenvalue weighted by molar-refractivity contribution is 5.58. The van der Waals surface area contributed by atoms with E-state index in [1.165, 1.54) is 6.33 Å². The maximum atomic E-state index is 5.50. The number of methoxy groups -OCH3 is 1. The number of rotatable bonds is 7. The van der Waals surface area contributed by atoms with Crippen LogP contribution in [0.2, 0.25) is 0 Å². The standard InChI is InChI=1S/C12H23N5O/c1-5-6-10-11(16-13)14-8-15-12(10)17(3)9(2)7-18-4/h8-9H,5-7,13H2,1-4H3,(H,14,15,16). The van der Waals surface area contributed by atoms with E-state index in [4.69, 9.17) is 10.6 Å². The summed E-state index contributed by atoms with van der Waals surface area (Å²) in [4.78, 5) is 10.6. The first-order valence-corrected chi connectivity index (χ1v) is 6.17. The van der Waals surface area contributed by atoms with E-state index in [1.54, 1.807) is 7.11 Å². The Morgan fingerprint density at radius 1 is 1.50 bits per heavy atom. The Kier molecular flexibility index (Phi) is 5.80. The summed E-state index contributed by atoms with van der Waals surface area (Å²) in [6.07, 6.45) is 3.43. The second-order valence-corrected chi connectivity index (χ2v) is 4.33. The molecule has 1 heterocycles. The van der Waals surface area contributed by atoms with E-state index in [9.17, 15) is 0 Å². The fourth-order valence-corrected chi connectivity index (χ4v) is 1.87. The SMILES string of the molecule is CCCc1c(NN)ncnc1N(C)C(C)COC. The number of hydrogen-bond acceptors (Lipinski definition) is 6. The normalized spacial score (nSPS) is 12.3.